The van der Waals surface area contributed by atoms with Gasteiger partial charge in [0.1, 0.15) is 5.75 Å². The van der Waals surface area contributed by atoms with Crippen LogP contribution >= 0.6 is 0 Å². The molecule has 0 saturated carbocycles. The van der Waals surface area contributed by atoms with E-state index in [1.807, 2.05) is 48.5 Å². The fraction of sp³-hybridized carbons (Fsp3) is 0.241. The standard InChI is InChI=1S/C29H31N7O2/c1-30-29-32-14-12-26(34-29)25-7-4-13-31-28(25)38-24-10-8-23(9-11-24)33-27(37)22-6-3-5-21(19-22)20-36-17-15-35(2)16-18-36/h3-14,19H,15-18,20H2,1-2H3,(H,33,37)(H,30,32,34). The predicted molar refractivity (Wildman–Crippen MR) is 148 cm³/mol. The molecule has 0 bridgehead atoms. The summed E-state index contributed by atoms with van der Waals surface area (Å²) < 4.78 is 6.06. The Morgan fingerprint density at radius 1 is 0.947 bits per heavy atom. The van der Waals surface area contributed by atoms with Crippen molar-refractivity contribution in [2.24, 2.45) is 0 Å². The van der Waals surface area contributed by atoms with Gasteiger partial charge >= 0.3 is 0 Å². The van der Waals surface area contributed by atoms with E-state index in [1.54, 1.807) is 31.6 Å². The molecule has 194 valence electrons. The van der Waals surface area contributed by atoms with Crippen molar-refractivity contribution in [3.8, 4) is 22.9 Å². The number of rotatable bonds is 8. The second kappa shape index (κ2) is 11.8. The number of hydrogen-bond donors (Lipinski definition) is 2. The Morgan fingerprint density at radius 3 is 2.55 bits per heavy atom. The summed E-state index contributed by atoms with van der Waals surface area (Å²) in [7, 11) is 3.92. The lowest BCUT2D eigenvalue weighted by molar-refractivity contribution is 0.102. The van der Waals surface area contributed by atoms with Crippen molar-refractivity contribution < 1.29 is 9.53 Å². The monoisotopic (exact) mass is 509 g/mol. The molecule has 1 aliphatic heterocycles. The largest absolute Gasteiger partial charge is 0.438 e. The number of anilines is 2. The third-order valence-corrected chi connectivity index (χ3v) is 6.44. The molecule has 4 aromatic rings. The van der Waals surface area contributed by atoms with Gasteiger partial charge in [-0.05, 0) is 67.2 Å². The zero-order valence-electron chi connectivity index (χ0n) is 21.6. The molecule has 9 heteroatoms. The maximum atomic E-state index is 12.9. The molecule has 1 fully saturated rings. The van der Waals surface area contributed by atoms with Crippen LogP contribution in [-0.4, -0.2) is 70.9 Å². The van der Waals surface area contributed by atoms with Crippen LogP contribution in [0.1, 0.15) is 15.9 Å². The number of likely N-dealkylation sites (N-methyl/N-ethyl adjacent to an activating group) is 1. The van der Waals surface area contributed by atoms with E-state index in [-0.39, 0.29) is 5.91 Å². The maximum absolute atomic E-state index is 12.9. The maximum Gasteiger partial charge on any atom is 0.255 e. The van der Waals surface area contributed by atoms with Gasteiger partial charge in [0, 0.05) is 63.4 Å². The molecule has 0 aliphatic carbocycles. The summed E-state index contributed by atoms with van der Waals surface area (Å²) in [5.41, 5.74) is 3.91. The van der Waals surface area contributed by atoms with Gasteiger partial charge in [-0.3, -0.25) is 9.69 Å². The third-order valence-electron chi connectivity index (χ3n) is 6.44. The van der Waals surface area contributed by atoms with Gasteiger partial charge in [-0.1, -0.05) is 12.1 Å². The van der Waals surface area contributed by atoms with E-state index in [4.69, 9.17) is 4.74 Å². The van der Waals surface area contributed by atoms with E-state index in [0.29, 0.717) is 34.5 Å². The summed E-state index contributed by atoms with van der Waals surface area (Å²) in [6.45, 7) is 5.06. The molecule has 2 N–H and O–H groups in total. The number of piperazine rings is 1. The van der Waals surface area contributed by atoms with Crippen molar-refractivity contribution in [1.82, 2.24) is 24.8 Å². The van der Waals surface area contributed by atoms with Gasteiger partial charge in [0.05, 0.1) is 11.3 Å². The molecule has 0 unspecified atom stereocenters. The second-order valence-electron chi connectivity index (χ2n) is 9.23. The first-order chi connectivity index (χ1) is 18.6. The number of hydrogen-bond acceptors (Lipinski definition) is 8. The molecule has 2 aromatic carbocycles. The SMILES string of the molecule is CNc1nccc(-c2cccnc2Oc2ccc(NC(=O)c3cccc(CN4CCN(C)CC4)c3)cc2)n1. The van der Waals surface area contributed by atoms with Crippen LogP contribution in [0.3, 0.4) is 0 Å². The number of benzene rings is 2. The Labute approximate surface area is 222 Å². The Morgan fingerprint density at radius 2 is 1.76 bits per heavy atom. The quantitative estimate of drug-likeness (QED) is 0.362. The Balaban J connectivity index is 1.23. The Hall–Kier alpha value is -4.34. The normalized spacial score (nSPS) is 14.2. The van der Waals surface area contributed by atoms with Gasteiger partial charge in [0.15, 0.2) is 0 Å². The van der Waals surface area contributed by atoms with Gasteiger partial charge < -0.3 is 20.3 Å². The number of pyridine rings is 1. The molecule has 9 nitrogen and oxygen atoms in total. The molecule has 0 spiro atoms. The van der Waals surface area contributed by atoms with E-state index in [2.05, 4.69) is 48.5 Å². The van der Waals surface area contributed by atoms with Crippen LogP contribution in [-0.2, 0) is 6.54 Å². The van der Waals surface area contributed by atoms with Crippen molar-refractivity contribution in [2.45, 2.75) is 6.54 Å². The zero-order valence-corrected chi connectivity index (χ0v) is 21.6. The molecule has 2 aromatic heterocycles. The second-order valence-corrected chi connectivity index (χ2v) is 9.23. The zero-order chi connectivity index (χ0) is 26.3. The average molecular weight is 510 g/mol. The fourth-order valence-corrected chi connectivity index (χ4v) is 4.29. The minimum absolute atomic E-state index is 0.144. The lowest BCUT2D eigenvalue weighted by Crippen LogP contribution is -2.43. The third kappa shape index (κ3) is 6.31. The first-order valence-corrected chi connectivity index (χ1v) is 12.6. The first kappa shape index (κ1) is 25.3. The number of aromatic nitrogens is 3. The number of amides is 1. The molecule has 3 heterocycles. The molecular formula is C29H31N7O2. The highest BCUT2D eigenvalue weighted by Crippen LogP contribution is 2.31. The highest BCUT2D eigenvalue weighted by Gasteiger charge is 2.15. The lowest BCUT2D eigenvalue weighted by atomic mass is 10.1. The van der Waals surface area contributed by atoms with Crippen molar-refractivity contribution in [2.75, 3.05) is 50.9 Å². The van der Waals surface area contributed by atoms with Crippen molar-refractivity contribution in [3.63, 3.8) is 0 Å². The number of carbonyl (C=O) groups is 1. The highest BCUT2D eigenvalue weighted by molar-refractivity contribution is 6.04. The first-order valence-electron chi connectivity index (χ1n) is 12.6. The van der Waals surface area contributed by atoms with E-state index < -0.39 is 0 Å². The molecule has 0 atom stereocenters. The topological polar surface area (TPSA) is 95.5 Å². The highest BCUT2D eigenvalue weighted by atomic mass is 16.5. The van der Waals surface area contributed by atoms with E-state index in [0.717, 1.165) is 43.9 Å². The summed E-state index contributed by atoms with van der Waals surface area (Å²) in [5.74, 6) is 1.40. The van der Waals surface area contributed by atoms with Gasteiger partial charge in [0.25, 0.3) is 5.91 Å². The molecule has 1 saturated heterocycles. The number of nitrogens with one attached hydrogen (secondary N) is 2. The molecular weight excluding hydrogens is 478 g/mol. The summed E-state index contributed by atoms with van der Waals surface area (Å²) >= 11 is 0. The van der Waals surface area contributed by atoms with Crippen LogP contribution in [0.25, 0.3) is 11.3 Å². The van der Waals surface area contributed by atoms with Crippen molar-refractivity contribution >= 4 is 17.5 Å². The van der Waals surface area contributed by atoms with E-state index >= 15 is 0 Å². The number of carbonyl (C=O) groups excluding carboxylic acids is 1. The van der Waals surface area contributed by atoms with Gasteiger partial charge in [0.2, 0.25) is 11.8 Å². The minimum atomic E-state index is -0.144. The van der Waals surface area contributed by atoms with Crippen LogP contribution < -0.4 is 15.4 Å². The summed E-state index contributed by atoms with van der Waals surface area (Å²) in [6, 6.07) is 20.6. The van der Waals surface area contributed by atoms with Crippen molar-refractivity contribution in [1.29, 1.82) is 0 Å². The Bertz CT molecular complexity index is 1390. The predicted octanol–water partition coefficient (Wildman–Crippen LogP) is 4.37. The lowest BCUT2D eigenvalue weighted by Gasteiger charge is -2.32. The molecule has 5 rings (SSSR count). The molecule has 1 amide bonds. The number of nitrogens with zero attached hydrogens (tertiary/aromatic N) is 5. The van der Waals surface area contributed by atoms with Crippen LogP contribution in [0.15, 0.2) is 79.1 Å². The van der Waals surface area contributed by atoms with E-state index in [9.17, 15) is 4.79 Å². The molecule has 1 aliphatic rings. The number of ether oxygens (including phenoxy) is 1. The van der Waals surface area contributed by atoms with Gasteiger partial charge in [-0.2, -0.15) is 0 Å². The summed E-state index contributed by atoms with van der Waals surface area (Å²) in [5, 5.41) is 5.92. The van der Waals surface area contributed by atoms with Crippen LogP contribution in [0, 0.1) is 0 Å². The smallest absolute Gasteiger partial charge is 0.255 e. The fourth-order valence-electron chi connectivity index (χ4n) is 4.29. The average Bonchev–Trinajstić information content (AvgIpc) is 2.96. The summed E-state index contributed by atoms with van der Waals surface area (Å²) in [4.78, 5) is 30.7. The molecule has 0 radical (unpaired) electrons. The van der Waals surface area contributed by atoms with E-state index in [1.165, 1.54) is 0 Å². The van der Waals surface area contributed by atoms with Gasteiger partial charge in [-0.25, -0.2) is 15.0 Å². The Kier molecular flexibility index (Phi) is 7.86. The van der Waals surface area contributed by atoms with Crippen molar-refractivity contribution in [3.05, 3.63) is 90.3 Å². The van der Waals surface area contributed by atoms with Crippen LogP contribution in [0.2, 0.25) is 0 Å². The molecule has 38 heavy (non-hydrogen) atoms. The van der Waals surface area contributed by atoms with Crippen LogP contribution in [0.5, 0.6) is 11.6 Å². The summed E-state index contributed by atoms with van der Waals surface area (Å²) in [6.07, 6.45) is 3.36. The van der Waals surface area contributed by atoms with Crippen LogP contribution in [0.4, 0.5) is 11.6 Å². The van der Waals surface area contributed by atoms with Gasteiger partial charge in [-0.15, -0.1) is 0 Å². The minimum Gasteiger partial charge on any atom is -0.438 e.